The smallest absolute Gasteiger partial charge is 0.231 e. The molecule has 0 amide bonds. The van der Waals surface area contributed by atoms with Crippen molar-refractivity contribution in [3.63, 3.8) is 0 Å². The fourth-order valence-corrected chi connectivity index (χ4v) is 0.677. The normalized spacial score (nSPS) is 10.1. The predicted molar refractivity (Wildman–Crippen MR) is 39.3 cm³/mol. The third-order valence-electron chi connectivity index (χ3n) is 0.562. The first-order chi connectivity index (χ1) is 4.68. The highest BCUT2D eigenvalue weighted by atomic mass is 31.1. The molecule has 0 fully saturated rings. The van der Waals surface area contributed by atoms with E-state index < -0.39 is 8.03 Å². The Morgan fingerprint density at radius 3 is 2.30 bits per heavy atom. The van der Waals surface area contributed by atoms with E-state index in [0.29, 0.717) is 12.6 Å². The zero-order chi connectivity index (χ0) is 8.41. The molecule has 0 spiro atoms. The minimum Gasteiger partial charge on any atom is -0.346 e. The van der Waals surface area contributed by atoms with Crippen molar-refractivity contribution in [2.45, 2.75) is 6.42 Å². The standard InChI is InChI=1S/C4H9O2P.CHNO/c1-2-3-4-7(5)6;2-1-3/h2,7H,1,3-4H2,(H,5,6);2H. The third-order valence-corrected chi connectivity index (χ3v) is 1.28. The van der Waals surface area contributed by atoms with Crippen molar-refractivity contribution in [2.24, 2.45) is 0 Å². The molecule has 0 aromatic heterocycles. The molecular formula is C5H10NO3P. The lowest BCUT2D eigenvalue weighted by Crippen LogP contribution is -1.69. The van der Waals surface area contributed by atoms with Crippen LogP contribution < -0.4 is 0 Å². The zero-order valence-corrected chi connectivity index (χ0v) is 6.46. The van der Waals surface area contributed by atoms with Crippen LogP contribution >= 0.6 is 8.03 Å². The van der Waals surface area contributed by atoms with Crippen molar-refractivity contribution in [1.29, 1.82) is 5.41 Å². The van der Waals surface area contributed by atoms with E-state index in [4.69, 9.17) is 15.1 Å². The van der Waals surface area contributed by atoms with E-state index in [2.05, 4.69) is 6.58 Å². The second-order valence-electron chi connectivity index (χ2n) is 1.32. The first kappa shape index (κ1) is 12.0. The molecule has 0 bridgehead atoms. The molecule has 0 radical (unpaired) electrons. The van der Waals surface area contributed by atoms with Crippen molar-refractivity contribution in [1.82, 2.24) is 0 Å². The lowest BCUT2D eigenvalue weighted by Gasteiger charge is -1.84. The minimum atomic E-state index is -2.22. The molecule has 0 aliphatic heterocycles. The van der Waals surface area contributed by atoms with Gasteiger partial charge in [0.05, 0.1) is 0 Å². The summed E-state index contributed by atoms with van der Waals surface area (Å²) in [5.74, 6) is 0. The molecule has 0 aliphatic carbocycles. The number of rotatable bonds is 3. The Labute approximate surface area is 59.9 Å². The molecule has 2 N–H and O–H groups in total. The monoisotopic (exact) mass is 163 g/mol. The Morgan fingerprint density at radius 2 is 2.20 bits per heavy atom. The van der Waals surface area contributed by atoms with Crippen LogP contribution in [-0.4, -0.2) is 17.1 Å². The molecule has 0 saturated carbocycles. The number of allylic oxidation sites excluding steroid dienone is 1. The maximum absolute atomic E-state index is 9.90. The van der Waals surface area contributed by atoms with Gasteiger partial charge in [-0.3, -0.25) is 4.57 Å². The zero-order valence-electron chi connectivity index (χ0n) is 5.46. The first-order valence-corrected chi connectivity index (χ1v) is 4.11. The van der Waals surface area contributed by atoms with E-state index in [1.165, 1.54) is 0 Å². The van der Waals surface area contributed by atoms with E-state index in [0.717, 1.165) is 6.08 Å². The highest BCUT2D eigenvalue weighted by Gasteiger charge is 1.85. The van der Waals surface area contributed by atoms with Gasteiger partial charge in [0.15, 0.2) is 8.03 Å². The van der Waals surface area contributed by atoms with Crippen molar-refractivity contribution < 1.29 is 14.3 Å². The Bertz CT molecular complexity index is 140. The predicted octanol–water partition coefficient (Wildman–Crippen LogP) is 0.930. The fourth-order valence-electron chi connectivity index (χ4n) is 0.226. The minimum absolute atomic E-state index is 0.383. The summed E-state index contributed by atoms with van der Waals surface area (Å²) in [4.78, 5) is 16.5. The highest BCUT2D eigenvalue weighted by Crippen LogP contribution is 2.12. The maximum atomic E-state index is 9.90. The van der Waals surface area contributed by atoms with E-state index in [9.17, 15) is 4.57 Å². The topological polar surface area (TPSA) is 78.2 Å². The van der Waals surface area contributed by atoms with E-state index in [-0.39, 0.29) is 0 Å². The molecule has 0 aliphatic rings. The summed E-state index contributed by atoms with van der Waals surface area (Å²) >= 11 is 0. The van der Waals surface area contributed by atoms with Crippen molar-refractivity contribution >= 4 is 14.1 Å². The lowest BCUT2D eigenvalue weighted by atomic mass is 10.5. The second kappa shape index (κ2) is 11.2. The molecule has 4 nitrogen and oxygen atoms in total. The van der Waals surface area contributed by atoms with Crippen LogP contribution in [0, 0.1) is 5.41 Å². The SMILES string of the molecule is C=CCC[PH](=O)O.N=C=O. The Morgan fingerprint density at radius 1 is 1.80 bits per heavy atom. The first-order valence-electron chi connectivity index (χ1n) is 2.55. The van der Waals surface area contributed by atoms with Gasteiger partial charge in [-0.25, -0.2) is 10.2 Å². The second-order valence-corrected chi connectivity index (χ2v) is 2.61. The third kappa shape index (κ3) is 26.6. The number of hydrogen-bond donors (Lipinski definition) is 2. The van der Waals surface area contributed by atoms with Crippen LogP contribution in [0.2, 0.25) is 0 Å². The Hall–Kier alpha value is -0.690. The van der Waals surface area contributed by atoms with Crippen molar-refractivity contribution in [2.75, 3.05) is 6.16 Å². The number of nitrogens with one attached hydrogen (secondary N) is 1. The molecule has 0 aromatic carbocycles. The molecule has 0 rings (SSSR count). The highest BCUT2D eigenvalue weighted by molar-refractivity contribution is 7.37. The van der Waals surface area contributed by atoms with Gasteiger partial charge in [-0.1, -0.05) is 6.08 Å². The number of isocyanates is 1. The summed E-state index contributed by atoms with van der Waals surface area (Å²) in [5, 5.41) is 5.40. The van der Waals surface area contributed by atoms with Gasteiger partial charge in [-0.05, 0) is 6.42 Å². The van der Waals surface area contributed by atoms with Crippen LogP contribution in [0.3, 0.4) is 0 Å². The lowest BCUT2D eigenvalue weighted by molar-refractivity contribution is 0.503. The maximum Gasteiger partial charge on any atom is 0.231 e. The van der Waals surface area contributed by atoms with Crippen LogP contribution in [0.4, 0.5) is 0 Å². The van der Waals surface area contributed by atoms with E-state index >= 15 is 0 Å². The summed E-state index contributed by atoms with van der Waals surface area (Å²) in [6.07, 6.45) is 3.42. The van der Waals surface area contributed by atoms with Gasteiger partial charge in [0.25, 0.3) is 0 Å². The van der Waals surface area contributed by atoms with Crippen LogP contribution in [-0.2, 0) is 9.36 Å². The number of carbonyl (C=O) groups excluding carboxylic acids is 1. The van der Waals surface area contributed by atoms with Crippen molar-refractivity contribution in [3.05, 3.63) is 12.7 Å². The van der Waals surface area contributed by atoms with Crippen molar-refractivity contribution in [3.8, 4) is 0 Å². The van der Waals surface area contributed by atoms with Crippen LogP contribution in [0.15, 0.2) is 12.7 Å². The van der Waals surface area contributed by atoms with Gasteiger partial charge in [0, 0.05) is 6.16 Å². The van der Waals surface area contributed by atoms with Gasteiger partial charge < -0.3 is 4.89 Å². The summed E-state index contributed by atoms with van der Waals surface area (Å²) in [6, 6.07) is 0. The number of hydrogen-bond acceptors (Lipinski definition) is 3. The van der Waals surface area contributed by atoms with Crippen LogP contribution in [0.25, 0.3) is 0 Å². The van der Waals surface area contributed by atoms with Gasteiger partial charge in [0.2, 0.25) is 6.08 Å². The largest absolute Gasteiger partial charge is 0.346 e. The molecular weight excluding hydrogens is 153 g/mol. The summed E-state index contributed by atoms with van der Waals surface area (Å²) in [6.45, 7) is 3.40. The molecule has 0 heterocycles. The molecule has 1 unspecified atom stereocenters. The van der Waals surface area contributed by atoms with E-state index in [1.54, 1.807) is 6.08 Å². The van der Waals surface area contributed by atoms with Crippen LogP contribution in [0.5, 0.6) is 0 Å². The van der Waals surface area contributed by atoms with Gasteiger partial charge >= 0.3 is 0 Å². The average Bonchev–Trinajstić information content (AvgIpc) is 1.85. The molecule has 58 valence electrons. The Balaban J connectivity index is 0. The van der Waals surface area contributed by atoms with Gasteiger partial charge in [-0.15, -0.1) is 6.58 Å². The van der Waals surface area contributed by atoms with Gasteiger partial charge in [-0.2, -0.15) is 0 Å². The summed E-state index contributed by atoms with van der Waals surface area (Å²) in [7, 11) is -2.22. The van der Waals surface area contributed by atoms with Crippen LogP contribution in [0.1, 0.15) is 6.42 Å². The summed E-state index contributed by atoms with van der Waals surface area (Å²) < 4.78 is 9.90. The molecule has 0 saturated heterocycles. The quantitative estimate of drug-likeness (QED) is 0.281. The Kier molecular flexibility index (Phi) is 13.4. The molecule has 1 atom stereocenters. The molecule has 10 heavy (non-hydrogen) atoms. The average molecular weight is 163 g/mol. The van der Waals surface area contributed by atoms with Gasteiger partial charge in [0.1, 0.15) is 0 Å². The summed E-state index contributed by atoms with van der Waals surface area (Å²) in [5.41, 5.74) is 0. The molecule has 0 aromatic rings. The molecule has 5 heteroatoms. The van der Waals surface area contributed by atoms with E-state index in [1.807, 2.05) is 0 Å². The fraction of sp³-hybridized carbons (Fsp3) is 0.400.